The van der Waals surface area contributed by atoms with Crippen LogP contribution in [0.15, 0.2) is 48.5 Å². The standard InChI is InChI=1S/C15H13N2O2/c16-14(18)12-7-3-1-5-10(12)9-11-6-2-4-8-13(11)15(17)19/h1-9H,(H2,16,18)(H2,17,19). The summed E-state index contributed by atoms with van der Waals surface area (Å²) in [6.45, 7) is 0. The SMILES string of the molecule is NC(=O)c1ccccc1[CH]c1ccccc1C(N)=O. The van der Waals surface area contributed by atoms with Gasteiger partial charge in [0.2, 0.25) is 11.8 Å². The first kappa shape index (κ1) is 12.8. The molecule has 0 saturated heterocycles. The molecule has 0 aromatic heterocycles. The van der Waals surface area contributed by atoms with Gasteiger partial charge in [-0.15, -0.1) is 0 Å². The summed E-state index contributed by atoms with van der Waals surface area (Å²) in [5.41, 5.74) is 12.8. The highest BCUT2D eigenvalue weighted by atomic mass is 16.1. The average Bonchev–Trinajstić information content (AvgIpc) is 2.39. The lowest BCUT2D eigenvalue weighted by Crippen LogP contribution is -2.15. The molecule has 19 heavy (non-hydrogen) atoms. The molecule has 0 fully saturated rings. The smallest absolute Gasteiger partial charge is 0.248 e. The van der Waals surface area contributed by atoms with E-state index in [-0.39, 0.29) is 0 Å². The van der Waals surface area contributed by atoms with Crippen LogP contribution in [-0.2, 0) is 0 Å². The van der Waals surface area contributed by atoms with Crippen LogP contribution in [0.4, 0.5) is 0 Å². The normalized spacial score (nSPS) is 10.1. The number of benzene rings is 2. The molecule has 4 heteroatoms. The highest BCUT2D eigenvalue weighted by Crippen LogP contribution is 2.19. The molecule has 2 amide bonds. The molecular formula is C15H13N2O2. The lowest BCUT2D eigenvalue weighted by molar-refractivity contribution is 0.0992. The zero-order valence-corrected chi connectivity index (χ0v) is 10.2. The van der Waals surface area contributed by atoms with Crippen LogP contribution in [0, 0.1) is 6.42 Å². The Morgan fingerprint density at radius 1 is 0.737 bits per heavy atom. The molecule has 2 aromatic rings. The van der Waals surface area contributed by atoms with Gasteiger partial charge < -0.3 is 11.5 Å². The molecule has 0 atom stereocenters. The monoisotopic (exact) mass is 253 g/mol. The van der Waals surface area contributed by atoms with E-state index in [2.05, 4.69) is 0 Å². The van der Waals surface area contributed by atoms with Crippen LogP contribution in [0.1, 0.15) is 31.8 Å². The molecule has 0 saturated carbocycles. The summed E-state index contributed by atoms with van der Waals surface area (Å²) in [7, 11) is 0. The Labute approximate surface area is 111 Å². The fraction of sp³-hybridized carbons (Fsp3) is 0. The maximum atomic E-state index is 11.3. The Hall–Kier alpha value is -2.62. The number of hydrogen-bond donors (Lipinski definition) is 2. The molecule has 1 radical (unpaired) electrons. The fourth-order valence-corrected chi connectivity index (χ4v) is 1.86. The van der Waals surface area contributed by atoms with Crippen LogP contribution in [0.25, 0.3) is 0 Å². The van der Waals surface area contributed by atoms with E-state index in [1.807, 2.05) is 0 Å². The first-order chi connectivity index (χ1) is 9.09. The third-order valence-corrected chi connectivity index (χ3v) is 2.76. The summed E-state index contributed by atoms with van der Waals surface area (Å²) in [5, 5.41) is 0. The predicted molar refractivity (Wildman–Crippen MR) is 72.4 cm³/mol. The van der Waals surface area contributed by atoms with Gasteiger partial charge in [-0.1, -0.05) is 36.4 Å². The molecule has 4 nitrogen and oxygen atoms in total. The van der Waals surface area contributed by atoms with E-state index in [9.17, 15) is 9.59 Å². The largest absolute Gasteiger partial charge is 0.366 e. The van der Waals surface area contributed by atoms with Crippen molar-refractivity contribution in [1.82, 2.24) is 0 Å². The van der Waals surface area contributed by atoms with Gasteiger partial charge >= 0.3 is 0 Å². The van der Waals surface area contributed by atoms with Crippen molar-refractivity contribution in [2.45, 2.75) is 0 Å². The molecule has 0 aliphatic carbocycles. The van der Waals surface area contributed by atoms with Gasteiger partial charge in [0.25, 0.3) is 0 Å². The van der Waals surface area contributed by atoms with Gasteiger partial charge in [-0.25, -0.2) is 0 Å². The zero-order chi connectivity index (χ0) is 13.8. The molecule has 0 aliphatic rings. The van der Waals surface area contributed by atoms with E-state index in [4.69, 9.17) is 11.5 Å². The fourth-order valence-electron chi connectivity index (χ4n) is 1.86. The Morgan fingerprint density at radius 3 is 1.47 bits per heavy atom. The second-order valence-corrected chi connectivity index (χ2v) is 4.05. The number of amides is 2. The van der Waals surface area contributed by atoms with Crippen LogP contribution < -0.4 is 11.5 Å². The lowest BCUT2D eigenvalue weighted by atomic mass is 9.96. The summed E-state index contributed by atoms with van der Waals surface area (Å²) < 4.78 is 0. The minimum atomic E-state index is -0.511. The molecule has 0 spiro atoms. The van der Waals surface area contributed by atoms with E-state index in [0.717, 1.165) is 0 Å². The summed E-state index contributed by atoms with van der Waals surface area (Å²) in [4.78, 5) is 22.7. The van der Waals surface area contributed by atoms with Crippen molar-refractivity contribution >= 4 is 11.8 Å². The van der Waals surface area contributed by atoms with Gasteiger partial charge in [0.05, 0.1) is 0 Å². The third kappa shape index (κ3) is 2.80. The number of primary amides is 2. The first-order valence-electron chi connectivity index (χ1n) is 5.72. The van der Waals surface area contributed by atoms with Crippen molar-refractivity contribution in [3.05, 3.63) is 77.2 Å². The van der Waals surface area contributed by atoms with Crippen LogP contribution >= 0.6 is 0 Å². The second-order valence-electron chi connectivity index (χ2n) is 4.05. The topological polar surface area (TPSA) is 86.2 Å². The van der Waals surface area contributed by atoms with E-state index >= 15 is 0 Å². The Kier molecular flexibility index (Phi) is 3.61. The van der Waals surface area contributed by atoms with E-state index in [1.165, 1.54) is 0 Å². The molecule has 0 heterocycles. The van der Waals surface area contributed by atoms with Crippen molar-refractivity contribution in [1.29, 1.82) is 0 Å². The maximum absolute atomic E-state index is 11.3. The molecule has 0 aliphatic heterocycles. The molecule has 4 N–H and O–H groups in total. The van der Waals surface area contributed by atoms with E-state index in [1.54, 1.807) is 55.0 Å². The molecule has 2 aromatic carbocycles. The van der Waals surface area contributed by atoms with Gasteiger partial charge in [-0.05, 0) is 23.3 Å². The number of hydrogen-bond acceptors (Lipinski definition) is 2. The predicted octanol–water partition coefficient (Wildman–Crippen LogP) is 1.49. The minimum absolute atomic E-state index is 0.404. The first-order valence-corrected chi connectivity index (χ1v) is 5.72. The van der Waals surface area contributed by atoms with Crippen LogP contribution in [-0.4, -0.2) is 11.8 Å². The third-order valence-electron chi connectivity index (χ3n) is 2.76. The van der Waals surface area contributed by atoms with Gasteiger partial charge in [-0.2, -0.15) is 0 Å². The quantitative estimate of drug-likeness (QED) is 0.864. The maximum Gasteiger partial charge on any atom is 0.248 e. The van der Waals surface area contributed by atoms with E-state index in [0.29, 0.717) is 22.3 Å². The van der Waals surface area contributed by atoms with Crippen LogP contribution in [0.2, 0.25) is 0 Å². The Balaban J connectivity index is 2.42. The van der Waals surface area contributed by atoms with Gasteiger partial charge in [0, 0.05) is 17.5 Å². The molecule has 0 bridgehead atoms. The number of carbonyl (C=O) groups is 2. The summed E-state index contributed by atoms with van der Waals surface area (Å²) in [6.07, 6.45) is 1.72. The highest BCUT2D eigenvalue weighted by molar-refractivity contribution is 5.97. The number of carbonyl (C=O) groups excluding carboxylic acids is 2. The van der Waals surface area contributed by atoms with E-state index < -0.39 is 11.8 Å². The van der Waals surface area contributed by atoms with Crippen LogP contribution in [0.5, 0.6) is 0 Å². The van der Waals surface area contributed by atoms with Crippen molar-refractivity contribution in [3.63, 3.8) is 0 Å². The van der Waals surface area contributed by atoms with Gasteiger partial charge in [0.1, 0.15) is 0 Å². The zero-order valence-electron chi connectivity index (χ0n) is 10.2. The minimum Gasteiger partial charge on any atom is -0.366 e. The highest BCUT2D eigenvalue weighted by Gasteiger charge is 2.12. The van der Waals surface area contributed by atoms with Gasteiger partial charge in [-0.3, -0.25) is 9.59 Å². The van der Waals surface area contributed by atoms with Crippen molar-refractivity contribution in [3.8, 4) is 0 Å². The molecule has 0 unspecified atom stereocenters. The number of nitrogens with two attached hydrogens (primary N) is 2. The summed E-state index contributed by atoms with van der Waals surface area (Å²) in [5.74, 6) is -1.02. The second kappa shape index (κ2) is 5.35. The molecule has 95 valence electrons. The summed E-state index contributed by atoms with van der Waals surface area (Å²) >= 11 is 0. The Bertz CT molecular complexity index is 580. The molecular weight excluding hydrogens is 240 g/mol. The van der Waals surface area contributed by atoms with Gasteiger partial charge in [0.15, 0.2) is 0 Å². The number of rotatable bonds is 4. The van der Waals surface area contributed by atoms with Crippen molar-refractivity contribution in [2.24, 2.45) is 11.5 Å². The Morgan fingerprint density at radius 2 is 1.11 bits per heavy atom. The lowest BCUT2D eigenvalue weighted by Gasteiger charge is -2.09. The van der Waals surface area contributed by atoms with Crippen LogP contribution in [0.3, 0.4) is 0 Å². The van der Waals surface area contributed by atoms with Crippen molar-refractivity contribution in [2.75, 3.05) is 0 Å². The average molecular weight is 253 g/mol. The molecule has 2 rings (SSSR count). The van der Waals surface area contributed by atoms with Crippen molar-refractivity contribution < 1.29 is 9.59 Å². The summed E-state index contributed by atoms with van der Waals surface area (Å²) in [6, 6.07) is 13.9.